The van der Waals surface area contributed by atoms with E-state index in [1.54, 1.807) is 0 Å². The third-order valence-corrected chi connectivity index (χ3v) is 4.28. The molecule has 2 aromatic carbocycles. The molecule has 1 aliphatic heterocycles. The third-order valence-electron chi connectivity index (χ3n) is 4.28. The van der Waals surface area contributed by atoms with Crippen LogP contribution in [0.3, 0.4) is 0 Å². The maximum atomic E-state index is 6.03. The molecule has 3 rings (SSSR count). The highest BCUT2D eigenvalue weighted by Crippen LogP contribution is 2.28. The average Bonchev–Trinajstić information content (AvgIpc) is 2.86. The summed E-state index contributed by atoms with van der Waals surface area (Å²) in [4.78, 5) is 2.54. The lowest BCUT2D eigenvalue weighted by molar-refractivity contribution is 0.244. The van der Waals surface area contributed by atoms with Crippen molar-refractivity contribution in [1.29, 1.82) is 0 Å². The first-order valence-electron chi connectivity index (χ1n) is 7.21. The lowest BCUT2D eigenvalue weighted by Crippen LogP contribution is -2.31. The molecule has 0 radical (unpaired) electrons. The van der Waals surface area contributed by atoms with E-state index >= 15 is 0 Å². The number of hydrogen-bond donors (Lipinski definition) is 1. The normalized spacial score (nSPS) is 21.9. The zero-order valence-electron chi connectivity index (χ0n) is 11.5. The highest BCUT2D eigenvalue weighted by molar-refractivity contribution is 5.83. The van der Waals surface area contributed by atoms with Gasteiger partial charge in [0, 0.05) is 19.1 Å². The summed E-state index contributed by atoms with van der Waals surface area (Å²) in [6.45, 7) is 5.38. The predicted octanol–water partition coefficient (Wildman–Crippen LogP) is 3.18. The van der Waals surface area contributed by atoms with Crippen LogP contribution in [0.1, 0.15) is 24.9 Å². The summed E-state index contributed by atoms with van der Waals surface area (Å²) in [5.74, 6) is 0.800. The Morgan fingerprint density at radius 1 is 1.21 bits per heavy atom. The van der Waals surface area contributed by atoms with Crippen LogP contribution in [0.15, 0.2) is 42.5 Å². The van der Waals surface area contributed by atoms with Gasteiger partial charge < -0.3 is 5.73 Å². The van der Waals surface area contributed by atoms with Crippen LogP contribution in [0.25, 0.3) is 10.8 Å². The molecule has 0 aliphatic carbocycles. The maximum absolute atomic E-state index is 6.03. The van der Waals surface area contributed by atoms with Crippen molar-refractivity contribution < 1.29 is 0 Å². The highest BCUT2D eigenvalue weighted by atomic mass is 15.2. The number of benzene rings is 2. The summed E-state index contributed by atoms with van der Waals surface area (Å²) in [6, 6.07) is 15.7. The Morgan fingerprint density at radius 2 is 2.00 bits per heavy atom. The SMILES string of the molecule is CC1CCN(C(CN)c2ccc3ccccc3c2)C1. The van der Waals surface area contributed by atoms with E-state index in [2.05, 4.69) is 54.3 Å². The number of nitrogens with two attached hydrogens (primary N) is 1. The van der Waals surface area contributed by atoms with Gasteiger partial charge in [0.2, 0.25) is 0 Å². The number of hydrogen-bond acceptors (Lipinski definition) is 2. The van der Waals surface area contributed by atoms with Gasteiger partial charge in [0.05, 0.1) is 0 Å². The van der Waals surface area contributed by atoms with Crippen LogP contribution < -0.4 is 5.73 Å². The molecule has 19 heavy (non-hydrogen) atoms. The first-order valence-corrected chi connectivity index (χ1v) is 7.21. The second kappa shape index (κ2) is 5.32. The van der Waals surface area contributed by atoms with Crippen molar-refractivity contribution in [3.05, 3.63) is 48.0 Å². The summed E-state index contributed by atoms with van der Waals surface area (Å²) in [6.07, 6.45) is 1.30. The van der Waals surface area contributed by atoms with Gasteiger partial charge in [0.1, 0.15) is 0 Å². The van der Waals surface area contributed by atoms with Crippen molar-refractivity contribution >= 4 is 10.8 Å². The maximum Gasteiger partial charge on any atom is 0.0470 e. The van der Waals surface area contributed by atoms with Crippen LogP contribution in [0.4, 0.5) is 0 Å². The van der Waals surface area contributed by atoms with Crippen molar-refractivity contribution in [3.63, 3.8) is 0 Å². The molecular formula is C17H22N2. The standard InChI is InChI=1S/C17H22N2/c1-13-8-9-19(12-13)17(11-18)16-7-6-14-4-2-3-5-15(14)10-16/h2-7,10,13,17H,8-9,11-12,18H2,1H3. The van der Waals surface area contributed by atoms with E-state index in [0.29, 0.717) is 12.6 Å². The quantitative estimate of drug-likeness (QED) is 0.911. The van der Waals surface area contributed by atoms with Gasteiger partial charge in [-0.2, -0.15) is 0 Å². The molecule has 0 saturated carbocycles. The molecule has 0 spiro atoms. The molecular weight excluding hydrogens is 232 g/mol. The molecule has 2 heteroatoms. The Balaban J connectivity index is 1.92. The van der Waals surface area contributed by atoms with Gasteiger partial charge >= 0.3 is 0 Å². The molecule has 0 aromatic heterocycles. The number of nitrogens with zero attached hydrogens (tertiary/aromatic N) is 1. The van der Waals surface area contributed by atoms with E-state index in [1.165, 1.54) is 35.8 Å². The van der Waals surface area contributed by atoms with Crippen LogP contribution >= 0.6 is 0 Å². The van der Waals surface area contributed by atoms with Crippen LogP contribution in [-0.4, -0.2) is 24.5 Å². The van der Waals surface area contributed by atoms with Crippen molar-refractivity contribution in [1.82, 2.24) is 4.90 Å². The molecule has 1 heterocycles. The molecule has 2 nitrogen and oxygen atoms in total. The number of fused-ring (bicyclic) bond motifs is 1. The summed E-state index contributed by atoms with van der Waals surface area (Å²) in [5.41, 5.74) is 7.39. The first-order chi connectivity index (χ1) is 9.28. The fraction of sp³-hybridized carbons (Fsp3) is 0.412. The topological polar surface area (TPSA) is 29.3 Å². The average molecular weight is 254 g/mol. The van der Waals surface area contributed by atoms with E-state index in [4.69, 9.17) is 5.73 Å². The fourth-order valence-corrected chi connectivity index (χ4v) is 3.16. The summed E-state index contributed by atoms with van der Waals surface area (Å²) in [5, 5.41) is 2.61. The van der Waals surface area contributed by atoms with Crippen LogP contribution in [0.5, 0.6) is 0 Å². The summed E-state index contributed by atoms with van der Waals surface area (Å²) in [7, 11) is 0. The molecule has 2 unspecified atom stereocenters. The van der Waals surface area contributed by atoms with E-state index in [1.807, 2.05) is 0 Å². The smallest absolute Gasteiger partial charge is 0.0470 e. The van der Waals surface area contributed by atoms with Gasteiger partial charge in [0.15, 0.2) is 0 Å². The summed E-state index contributed by atoms with van der Waals surface area (Å²) >= 11 is 0. The van der Waals surface area contributed by atoms with E-state index in [9.17, 15) is 0 Å². The molecule has 100 valence electrons. The fourth-order valence-electron chi connectivity index (χ4n) is 3.16. The van der Waals surface area contributed by atoms with Gasteiger partial charge in [-0.15, -0.1) is 0 Å². The van der Waals surface area contributed by atoms with Crippen molar-refractivity contribution in [3.8, 4) is 0 Å². The van der Waals surface area contributed by atoms with Crippen LogP contribution in [-0.2, 0) is 0 Å². The largest absolute Gasteiger partial charge is 0.329 e. The first kappa shape index (κ1) is 12.6. The molecule has 0 bridgehead atoms. The Kier molecular flexibility index (Phi) is 3.54. The monoisotopic (exact) mass is 254 g/mol. The highest BCUT2D eigenvalue weighted by Gasteiger charge is 2.26. The van der Waals surface area contributed by atoms with Crippen molar-refractivity contribution in [2.24, 2.45) is 11.7 Å². The lowest BCUT2D eigenvalue weighted by Gasteiger charge is -2.27. The Bertz CT molecular complexity index is 564. The Morgan fingerprint density at radius 3 is 2.68 bits per heavy atom. The van der Waals surface area contributed by atoms with Crippen molar-refractivity contribution in [2.45, 2.75) is 19.4 Å². The molecule has 2 aromatic rings. The second-order valence-corrected chi connectivity index (χ2v) is 5.75. The molecule has 2 N–H and O–H groups in total. The van der Waals surface area contributed by atoms with Crippen LogP contribution in [0.2, 0.25) is 0 Å². The second-order valence-electron chi connectivity index (χ2n) is 5.75. The lowest BCUT2D eigenvalue weighted by atomic mass is 10.0. The minimum absolute atomic E-state index is 0.370. The molecule has 1 fully saturated rings. The summed E-state index contributed by atoms with van der Waals surface area (Å²) < 4.78 is 0. The Labute approximate surface area is 115 Å². The van der Waals surface area contributed by atoms with Crippen LogP contribution in [0, 0.1) is 5.92 Å². The predicted molar refractivity (Wildman–Crippen MR) is 81.1 cm³/mol. The van der Waals surface area contributed by atoms with Gasteiger partial charge in [-0.05, 0) is 41.3 Å². The minimum atomic E-state index is 0.370. The van der Waals surface area contributed by atoms with E-state index in [0.717, 1.165) is 5.92 Å². The minimum Gasteiger partial charge on any atom is -0.329 e. The molecule has 0 amide bonds. The van der Waals surface area contributed by atoms with E-state index < -0.39 is 0 Å². The molecule has 1 saturated heterocycles. The van der Waals surface area contributed by atoms with Gasteiger partial charge in [-0.25, -0.2) is 0 Å². The van der Waals surface area contributed by atoms with Gasteiger partial charge in [-0.3, -0.25) is 4.90 Å². The number of rotatable bonds is 3. The Hall–Kier alpha value is -1.38. The van der Waals surface area contributed by atoms with Crippen molar-refractivity contribution in [2.75, 3.05) is 19.6 Å². The molecule has 1 aliphatic rings. The third kappa shape index (κ3) is 2.51. The zero-order valence-corrected chi connectivity index (χ0v) is 11.5. The zero-order chi connectivity index (χ0) is 13.2. The van der Waals surface area contributed by atoms with E-state index in [-0.39, 0.29) is 0 Å². The van der Waals surface area contributed by atoms with Gasteiger partial charge in [-0.1, -0.05) is 43.3 Å². The van der Waals surface area contributed by atoms with Gasteiger partial charge in [0.25, 0.3) is 0 Å². The molecule has 2 atom stereocenters. The number of likely N-dealkylation sites (tertiary alicyclic amines) is 1.